The first-order valence-corrected chi connectivity index (χ1v) is 8.24. The van der Waals surface area contributed by atoms with E-state index in [1.165, 1.54) is 21.8 Å². The van der Waals surface area contributed by atoms with Crippen molar-refractivity contribution in [3.63, 3.8) is 0 Å². The first-order chi connectivity index (χ1) is 11.2. The van der Waals surface area contributed by atoms with E-state index in [9.17, 15) is 4.79 Å². The molecular formula is C17H11ClN2O2S. The molecule has 4 nitrogen and oxygen atoms in total. The number of rotatable bonds is 3. The van der Waals surface area contributed by atoms with Crippen molar-refractivity contribution in [3.8, 4) is 5.75 Å². The highest BCUT2D eigenvalue weighted by Crippen LogP contribution is 2.31. The summed E-state index contributed by atoms with van der Waals surface area (Å²) in [5.41, 5.74) is 0.507. The SMILES string of the molecule is O=c1cc(COc2ccc(Cl)c3ccccc23)nc2sccn12. The van der Waals surface area contributed by atoms with Crippen LogP contribution in [0.2, 0.25) is 5.02 Å². The predicted molar refractivity (Wildman–Crippen MR) is 92.6 cm³/mol. The Balaban J connectivity index is 1.68. The third-order valence-electron chi connectivity index (χ3n) is 3.56. The summed E-state index contributed by atoms with van der Waals surface area (Å²) in [6, 6.07) is 12.9. The average molecular weight is 343 g/mol. The van der Waals surface area contributed by atoms with E-state index in [4.69, 9.17) is 16.3 Å². The number of aromatic nitrogens is 2. The molecule has 0 unspecified atom stereocenters. The largest absolute Gasteiger partial charge is 0.487 e. The summed E-state index contributed by atoms with van der Waals surface area (Å²) >= 11 is 7.63. The normalized spacial score (nSPS) is 11.2. The van der Waals surface area contributed by atoms with Crippen LogP contribution in [-0.2, 0) is 6.61 Å². The molecule has 2 heterocycles. The lowest BCUT2D eigenvalue weighted by Gasteiger charge is -2.10. The molecule has 0 amide bonds. The van der Waals surface area contributed by atoms with Crippen molar-refractivity contribution in [1.82, 2.24) is 9.38 Å². The fourth-order valence-electron chi connectivity index (χ4n) is 2.47. The summed E-state index contributed by atoms with van der Waals surface area (Å²) in [5, 5.41) is 4.40. The molecule has 4 rings (SSSR count). The van der Waals surface area contributed by atoms with Gasteiger partial charge in [-0.15, -0.1) is 11.3 Å². The Labute approximate surface area is 140 Å². The van der Waals surface area contributed by atoms with Gasteiger partial charge in [0.1, 0.15) is 12.4 Å². The molecule has 0 aliphatic carbocycles. The number of halogens is 1. The zero-order valence-electron chi connectivity index (χ0n) is 11.9. The van der Waals surface area contributed by atoms with Crippen LogP contribution in [0.1, 0.15) is 5.69 Å². The minimum atomic E-state index is -0.101. The van der Waals surface area contributed by atoms with E-state index in [-0.39, 0.29) is 12.2 Å². The Bertz CT molecular complexity index is 1070. The van der Waals surface area contributed by atoms with Crippen molar-refractivity contribution in [2.45, 2.75) is 6.61 Å². The second-order valence-corrected chi connectivity index (χ2v) is 6.30. The summed E-state index contributed by atoms with van der Waals surface area (Å²) in [6.45, 7) is 0.231. The van der Waals surface area contributed by atoms with Crippen LogP contribution in [0.4, 0.5) is 0 Å². The van der Waals surface area contributed by atoms with Crippen LogP contribution in [0.15, 0.2) is 58.8 Å². The molecular weight excluding hydrogens is 332 g/mol. The molecule has 0 aliphatic heterocycles. The van der Waals surface area contributed by atoms with E-state index in [2.05, 4.69) is 4.98 Å². The standard InChI is InChI=1S/C17H11ClN2O2S/c18-14-5-6-15(13-4-2-1-3-12(13)14)22-10-11-9-16(21)20-7-8-23-17(20)19-11/h1-9H,10H2. The number of hydrogen-bond acceptors (Lipinski definition) is 4. The molecule has 6 heteroatoms. The van der Waals surface area contributed by atoms with Crippen LogP contribution in [0.25, 0.3) is 15.7 Å². The fourth-order valence-corrected chi connectivity index (χ4v) is 3.44. The van der Waals surface area contributed by atoms with Gasteiger partial charge in [0.2, 0.25) is 0 Å². The summed E-state index contributed by atoms with van der Waals surface area (Å²) in [5.74, 6) is 0.721. The van der Waals surface area contributed by atoms with Crippen molar-refractivity contribution in [2.75, 3.05) is 0 Å². The van der Waals surface area contributed by atoms with Gasteiger partial charge in [-0.3, -0.25) is 9.20 Å². The molecule has 114 valence electrons. The number of thiazole rings is 1. The van der Waals surface area contributed by atoms with E-state index in [1.807, 2.05) is 41.8 Å². The fraction of sp³-hybridized carbons (Fsp3) is 0.0588. The van der Waals surface area contributed by atoms with Gasteiger partial charge < -0.3 is 4.74 Å². The van der Waals surface area contributed by atoms with Crippen molar-refractivity contribution < 1.29 is 4.74 Å². The molecule has 0 N–H and O–H groups in total. The Kier molecular flexibility index (Phi) is 3.52. The van der Waals surface area contributed by atoms with Gasteiger partial charge in [-0.2, -0.15) is 0 Å². The zero-order valence-corrected chi connectivity index (χ0v) is 13.5. The first-order valence-electron chi connectivity index (χ1n) is 6.98. The lowest BCUT2D eigenvalue weighted by Crippen LogP contribution is -2.14. The maximum atomic E-state index is 12.0. The Morgan fingerprint density at radius 2 is 2.00 bits per heavy atom. The van der Waals surface area contributed by atoms with E-state index in [0.717, 1.165) is 16.5 Å². The number of hydrogen-bond donors (Lipinski definition) is 0. The van der Waals surface area contributed by atoms with Gasteiger partial charge in [-0.05, 0) is 12.1 Å². The zero-order chi connectivity index (χ0) is 15.8. The van der Waals surface area contributed by atoms with Crippen LogP contribution in [-0.4, -0.2) is 9.38 Å². The van der Waals surface area contributed by atoms with Gasteiger partial charge in [0.15, 0.2) is 4.96 Å². The lowest BCUT2D eigenvalue weighted by molar-refractivity contribution is 0.305. The van der Waals surface area contributed by atoms with Gasteiger partial charge in [0.25, 0.3) is 5.56 Å². The average Bonchev–Trinajstić information content (AvgIpc) is 3.04. The van der Waals surface area contributed by atoms with Crippen LogP contribution < -0.4 is 10.3 Å². The molecule has 0 fully saturated rings. The van der Waals surface area contributed by atoms with E-state index in [1.54, 1.807) is 6.20 Å². The smallest absolute Gasteiger partial charge is 0.258 e. The second-order valence-electron chi connectivity index (χ2n) is 5.02. The number of ether oxygens (including phenoxy) is 1. The van der Waals surface area contributed by atoms with Gasteiger partial charge >= 0.3 is 0 Å². The molecule has 0 spiro atoms. The van der Waals surface area contributed by atoms with Crippen molar-refractivity contribution in [1.29, 1.82) is 0 Å². The summed E-state index contributed by atoms with van der Waals surface area (Å²) in [4.78, 5) is 17.1. The van der Waals surface area contributed by atoms with Gasteiger partial charge in [0.05, 0.1) is 5.69 Å². The van der Waals surface area contributed by atoms with E-state index in [0.29, 0.717) is 15.7 Å². The highest BCUT2D eigenvalue weighted by Gasteiger charge is 2.08. The second kappa shape index (κ2) is 5.68. The van der Waals surface area contributed by atoms with E-state index < -0.39 is 0 Å². The number of nitrogens with zero attached hydrogens (tertiary/aromatic N) is 2. The van der Waals surface area contributed by atoms with Crippen molar-refractivity contribution in [3.05, 3.63) is 75.1 Å². The Hall–Kier alpha value is -2.37. The van der Waals surface area contributed by atoms with Crippen LogP contribution >= 0.6 is 22.9 Å². The molecule has 0 aliphatic rings. The third-order valence-corrected chi connectivity index (χ3v) is 4.65. The molecule has 2 aromatic heterocycles. The topological polar surface area (TPSA) is 43.6 Å². The van der Waals surface area contributed by atoms with E-state index >= 15 is 0 Å². The van der Waals surface area contributed by atoms with Gasteiger partial charge in [-0.25, -0.2) is 4.98 Å². The number of benzene rings is 2. The molecule has 4 aromatic rings. The molecule has 2 aromatic carbocycles. The Morgan fingerprint density at radius 3 is 2.87 bits per heavy atom. The summed E-state index contributed by atoms with van der Waals surface area (Å²) in [6.07, 6.45) is 1.71. The summed E-state index contributed by atoms with van der Waals surface area (Å²) < 4.78 is 7.40. The molecule has 23 heavy (non-hydrogen) atoms. The Morgan fingerprint density at radius 1 is 1.17 bits per heavy atom. The highest BCUT2D eigenvalue weighted by molar-refractivity contribution is 7.15. The maximum Gasteiger partial charge on any atom is 0.258 e. The van der Waals surface area contributed by atoms with Crippen LogP contribution in [0.3, 0.4) is 0 Å². The highest BCUT2D eigenvalue weighted by atomic mass is 35.5. The molecule has 0 saturated carbocycles. The maximum absolute atomic E-state index is 12.0. The van der Waals surface area contributed by atoms with Crippen LogP contribution in [0, 0.1) is 0 Å². The molecule has 0 radical (unpaired) electrons. The monoisotopic (exact) mass is 342 g/mol. The minimum absolute atomic E-state index is 0.101. The predicted octanol–water partition coefficient (Wildman–Crippen LogP) is 4.14. The minimum Gasteiger partial charge on any atom is -0.487 e. The number of fused-ring (bicyclic) bond motifs is 2. The molecule has 0 atom stereocenters. The van der Waals surface area contributed by atoms with Gasteiger partial charge in [-0.1, -0.05) is 35.9 Å². The van der Waals surface area contributed by atoms with Crippen molar-refractivity contribution >= 4 is 38.7 Å². The molecule has 0 bridgehead atoms. The third kappa shape index (κ3) is 2.58. The molecule has 0 saturated heterocycles. The van der Waals surface area contributed by atoms with Crippen molar-refractivity contribution in [2.24, 2.45) is 0 Å². The van der Waals surface area contributed by atoms with Crippen LogP contribution in [0.5, 0.6) is 5.75 Å². The first kappa shape index (κ1) is 14.2. The quantitative estimate of drug-likeness (QED) is 0.562. The summed E-state index contributed by atoms with van der Waals surface area (Å²) in [7, 11) is 0. The lowest BCUT2D eigenvalue weighted by atomic mass is 10.1. The van der Waals surface area contributed by atoms with Gasteiger partial charge in [0, 0.05) is 33.4 Å².